The van der Waals surface area contributed by atoms with Crippen molar-refractivity contribution in [3.63, 3.8) is 0 Å². The smallest absolute Gasteiger partial charge is 0.282 e. The lowest BCUT2D eigenvalue weighted by Crippen LogP contribution is -2.44. The van der Waals surface area contributed by atoms with Gasteiger partial charge in [-0.15, -0.1) is 11.8 Å². The molecule has 0 radical (unpaired) electrons. The van der Waals surface area contributed by atoms with Crippen LogP contribution in [-0.4, -0.2) is 48.3 Å². The van der Waals surface area contributed by atoms with E-state index in [1.54, 1.807) is 23.9 Å². The van der Waals surface area contributed by atoms with Crippen molar-refractivity contribution >= 4 is 17.4 Å². The first-order valence-electron chi connectivity index (χ1n) is 6.06. The maximum Gasteiger partial charge on any atom is 0.282 e. The number of piperazine rings is 1. The summed E-state index contributed by atoms with van der Waals surface area (Å²) < 4.78 is 0. The van der Waals surface area contributed by atoms with Crippen LogP contribution in [0.2, 0.25) is 0 Å². The van der Waals surface area contributed by atoms with Gasteiger partial charge in [0.2, 0.25) is 0 Å². The molecule has 0 atom stereocenters. The van der Waals surface area contributed by atoms with Crippen LogP contribution in [0.25, 0.3) is 0 Å². The predicted octanol–water partition coefficient (Wildman–Crippen LogP) is 1.59. The van der Waals surface area contributed by atoms with Gasteiger partial charge >= 0.3 is 0 Å². The summed E-state index contributed by atoms with van der Waals surface area (Å²) in [5.41, 5.74) is 0.211. The Morgan fingerprint density at radius 1 is 1.33 bits per heavy atom. The van der Waals surface area contributed by atoms with Crippen molar-refractivity contribution in [1.82, 2.24) is 10.2 Å². The van der Waals surface area contributed by atoms with Gasteiger partial charge in [-0.3, -0.25) is 15.0 Å². The van der Waals surface area contributed by atoms with Gasteiger partial charge in [0.05, 0.1) is 9.82 Å². The molecule has 5 nitrogen and oxygen atoms in total. The molecular formula is C12H17N3O2S. The number of rotatable bonds is 5. The zero-order valence-electron chi connectivity index (χ0n) is 10.2. The normalized spacial score (nSPS) is 16.7. The Bertz CT molecular complexity index is 408. The predicted molar refractivity (Wildman–Crippen MR) is 73.1 cm³/mol. The van der Waals surface area contributed by atoms with Crippen molar-refractivity contribution in [2.45, 2.75) is 4.90 Å². The molecule has 0 unspecified atom stereocenters. The van der Waals surface area contributed by atoms with Gasteiger partial charge in [-0.05, 0) is 6.07 Å². The van der Waals surface area contributed by atoms with E-state index in [0.29, 0.717) is 0 Å². The summed E-state index contributed by atoms with van der Waals surface area (Å²) in [5.74, 6) is 0.894. The highest BCUT2D eigenvalue weighted by atomic mass is 32.2. The molecule has 0 aromatic heterocycles. The SMILES string of the molecule is O=[N+]([O-])c1ccccc1SCCN1CCNCC1. The minimum Gasteiger partial charge on any atom is -0.314 e. The van der Waals surface area contributed by atoms with Gasteiger partial charge in [0.1, 0.15) is 0 Å². The van der Waals surface area contributed by atoms with Gasteiger partial charge < -0.3 is 5.32 Å². The third-order valence-electron chi connectivity index (χ3n) is 2.94. The van der Waals surface area contributed by atoms with Crippen molar-refractivity contribution < 1.29 is 4.92 Å². The summed E-state index contributed by atoms with van der Waals surface area (Å²) in [6.45, 7) is 5.19. The Labute approximate surface area is 111 Å². The number of para-hydroxylation sites is 1. The standard InChI is InChI=1S/C12H17N3O2S/c16-15(17)11-3-1-2-4-12(11)18-10-9-14-7-5-13-6-8-14/h1-4,13H,5-10H2. The van der Waals surface area contributed by atoms with Crippen LogP contribution in [-0.2, 0) is 0 Å². The van der Waals surface area contributed by atoms with Crippen molar-refractivity contribution in [3.05, 3.63) is 34.4 Å². The van der Waals surface area contributed by atoms with Crippen LogP contribution in [0.1, 0.15) is 0 Å². The molecule has 1 aliphatic rings. The molecule has 0 spiro atoms. The van der Waals surface area contributed by atoms with E-state index < -0.39 is 0 Å². The zero-order chi connectivity index (χ0) is 12.8. The number of nitrogens with one attached hydrogen (secondary N) is 1. The van der Waals surface area contributed by atoms with Gasteiger partial charge in [-0.1, -0.05) is 12.1 Å². The summed E-state index contributed by atoms with van der Waals surface area (Å²) in [6, 6.07) is 6.94. The molecule has 1 aromatic rings. The first-order chi connectivity index (χ1) is 8.77. The number of nitro benzene ring substituents is 1. The first kappa shape index (κ1) is 13.3. The Kier molecular flexibility index (Phi) is 4.98. The number of thioether (sulfide) groups is 1. The second kappa shape index (κ2) is 6.72. The van der Waals surface area contributed by atoms with Gasteiger partial charge in [0.25, 0.3) is 5.69 Å². The van der Waals surface area contributed by atoms with E-state index >= 15 is 0 Å². The number of hydrogen-bond acceptors (Lipinski definition) is 5. The van der Waals surface area contributed by atoms with E-state index in [-0.39, 0.29) is 10.6 Å². The molecule has 1 N–H and O–H groups in total. The molecular weight excluding hydrogens is 250 g/mol. The fourth-order valence-corrected chi connectivity index (χ4v) is 2.98. The van der Waals surface area contributed by atoms with Gasteiger partial charge in [-0.2, -0.15) is 0 Å². The van der Waals surface area contributed by atoms with Crippen molar-refractivity contribution in [2.75, 3.05) is 38.5 Å². The molecule has 1 heterocycles. The molecule has 1 aliphatic heterocycles. The van der Waals surface area contributed by atoms with Crippen molar-refractivity contribution in [2.24, 2.45) is 0 Å². The average Bonchev–Trinajstić information content (AvgIpc) is 2.40. The van der Waals surface area contributed by atoms with Gasteiger partial charge in [0, 0.05) is 44.5 Å². The highest BCUT2D eigenvalue weighted by Crippen LogP contribution is 2.28. The Balaban J connectivity index is 1.84. The topological polar surface area (TPSA) is 58.4 Å². The lowest BCUT2D eigenvalue weighted by atomic mass is 10.3. The molecule has 6 heteroatoms. The van der Waals surface area contributed by atoms with E-state index in [2.05, 4.69) is 10.2 Å². The van der Waals surface area contributed by atoms with E-state index in [9.17, 15) is 10.1 Å². The average molecular weight is 267 g/mol. The monoisotopic (exact) mass is 267 g/mol. The largest absolute Gasteiger partial charge is 0.314 e. The van der Waals surface area contributed by atoms with Crippen molar-refractivity contribution in [3.8, 4) is 0 Å². The molecule has 1 saturated heterocycles. The molecule has 98 valence electrons. The van der Waals surface area contributed by atoms with E-state index in [4.69, 9.17) is 0 Å². The number of nitrogens with zero attached hydrogens (tertiary/aromatic N) is 2. The molecule has 1 fully saturated rings. The Morgan fingerprint density at radius 2 is 2.06 bits per heavy atom. The fourth-order valence-electron chi connectivity index (χ4n) is 1.95. The minimum absolute atomic E-state index is 0.211. The second-order valence-electron chi connectivity index (χ2n) is 4.16. The third kappa shape index (κ3) is 3.69. The maximum atomic E-state index is 10.9. The number of hydrogen-bond donors (Lipinski definition) is 1. The lowest BCUT2D eigenvalue weighted by Gasteiger charge is -2.26. The fraction of sp³-hybridized carbons (Fsp3) is 0.500. The molecule has 2 rings (SSSR count). The summed E-state index contributed by atoms with van der Waals surface area (Å²) in [4.78, 5) is 13.7. The molecule has 0 amide bonds. The van der Waals surface area contributed by atoms with E-state index in [1.807, 2.05) is 12.1 Å². The first-order valence-corrected chi connectivity index (χ1v) is 7.05. The molecule has 0 aliphatic carbocycles. The van der Waals surface area contributed by atoms with Crippen LogP contribution in [0.15, 0.2) is 29.2 Å². The number of benzene rings is 1. The summed E-state index contributed by atoms with van der Waals surface area (Å²) in [7, 11) is 0. The zero-order valence-corrected chi connectivity index (χ0v) is 11.0. The summed E-state index contributed by atoms with van der Waals surface area (Å²) in [6.07, 6.45) is 0. The Morgan fingerprint density at radius 3 is 2.78 bits per heavy atom. The Hall–Kier alpha value is -1.11. The molecule has 18 heavy (non-hydrogen) atoms. The lowest BCUT2D eigenvalue weighted by molar-refractivity contribution is -0.387. The van der Waals surface area contributed by atoms with Crippen LogP contribution < -0.4 is 5.32 Å². The van der Waals surface area contributed by atoms with Crippen LogP contribution in [0.5, 0.6) is 0 Å². The second-order valence-corrected chi connectivity index (χ2v) is 5.30. The van der Waals surface area contributed by atoms with Gasteiger partial charge in [-0.25, -0.2) is 0 Å². The van der Waals surface area contributed by atoms with Crippen LogP contribution in [0.4, 0.5) is 5.69 Å². The van der Waals surface area contributed by atoms with Gasteiger partial charge in [0.15, 0.2) is 0 Å². The van der Waals surface area contributed by atoms with Crippen LogP contribution in [0, 0.1) is 10.1 Å². The third-order valence-corrected chi connectivity index (χ3v) is 3.98. The van der Waals surface area contributed by atoms with Crippen molar-refractivity contribution in [1.29, 1.82) is 0 Å². The van der Waals surface area contributed by atoms with E-state index in [0.717, 1.165) is 43.4 Å². The highest BCUT2D eigenvalue weighted by molar-refractivity contribution is 7.99. The van der Waals surface area contributed by atoms with E-state index in [1.165, 1.54) is 0 Å². The minimum atomic E-state index is -0.312. The summed E-state index contributed by atoms with van der Waals surface area (Å²) in [5, 5.41) is 14.2. The summed E-state index contributed by atoms with van der Waals surface area (Å²) >= 11 is 1.57. The van der Waals surface area contributed by atoms with Crippen LogP contribution >= 0.6 is 11.8 Å². The molecule has 0 bridgehead atoms. The number of nitro groups is 1. The molecule has 1 aromatic carbocycles. The quantitative estimate of drug-likeness (QED) is 0.499. The molecule has 0 saturated carbocycles. The highest BCUT2D eigenvalue weighted by Gasteiger charge is 2.14. The van der Waals surface area contributed by atoms with Crippen LogP contribution in [0.3, 0.4) is 0 Å². The maximum absolute atomic E-state index is 10.9.